The smallest absolute Gasteiger partial charge is 0.189 e. The molecule has 0 spiro atoms. The summed E-state index contributed by atoms with van der Waals surface area (Å²) in [6.07, 6.45) is 6.31. The number of aliphatic imine (C=N–C) groups is 1. The predicted molar refractivity (Wildman–Crippen MR) is 105 cm³/mol. The number of ether oxygens (including phenoxy) is 2. The van der Waals surface area contributed by atoms with Gasteiger partial charge >= 0.3 is 0 Å². The molecule has 0 saturated heterocycles. The fourth-order valence-electron chi connectivity index (χ4n) is 2.61. The summed E-state index contributed by atoms with van der Waals surface area (Å²) in [5.41, 5.74) is 7.08. The van der Waals surface area contributed by atoms with Crippen LogP contribution in [0.5, 0.6) is 5.75 Å². The van der Waals surface area contributed by atoms with Crippen molar-refractivity contribution in [2.45, 2.75) is 44.7 Å². The number of benzene rings is 1. The molecule has 1 aliphatic rings. The molecule has 1 saturated carbocycles. The number of nitrogens with one attached hydrogen (secondary N) is 1. The van der Waals surface area contributed by atoms with Crippen LogP contribution in [-0.4, -0.2) is 32.3 Å². The Labute approximate surface area is 156 Å². The van der Waals surface area contributed by atoms with Gasteiger partial charge in [0, 0.05) is 13.2 Å². The van der Waals surface area contributed by atoms with Crippen LogP contribution >= 0.6 is 24.0 Å². The van der Waals surface area contributed by atoms with Crippen LogP contribution in [0.1, 0.15) is 37.7 Å². The zero-order valence-electron chi connectivity index (χ0n) is 13.8. The quantitative estimate of drug-likeness (QED) is 0.300. The van der Waals surface area contributed by atoms with Gasteiger partial charge in [-0.15, -0.1) is 24.0 Å². The highest BCUT2D eigenvalue weighted by molar-refractivity contribution is 14.0. The Bertz CT molecular complexity index is 459. The molecule has 0 aliphatic heterocycles. The molecule has 1 aromatic carbocycles. The molecule has 0 atom stereocenters. The van der Waals surface area contributed by atoms with E-state index in [9.17, 15) is 0 Å². The molecular formula is C17H28IN3O2. The Kier molecular flexibility index (Phi) is 10.0. The van der Waals surface area contributed by atoms with Crippen molar-refractivity contribution >= 4 is 29.9 Å². The number of rotatable bonds is 7. The summed E-state index contributed by atoms with van der Waals surface area (Å²) in [6.45, 7) is 1.74. The van der Waals surface area contributed by atoms with Crippen LogP contribution in [0.25, 0.3) is 0 Å². The Hall–Kier alpha value is -1.02. The third kappa shape index (κ3) is 7.87. The largest absolute Gasteiger partial charge is 0.491 e. The van der Waals surface area contributed by atoms with Crippen molar-refractivity contribution in [1.29, 1.82) is 0 Å². The van der Waals surface area contributed by atoms with Crippen LogP contribution < -0.4 is 15.8 Å². The van der Waals surface area contributed by atoms with Gasteiger partial charge in [-0.2, -0.15) is 0 Å². The lowest BCUT2D eigenvalue weighted by Gasteiger charge is -2.23. The van der Waals surface area contributed by atoms with Gasteiger partial charge in [0.1, 0.15) is 12.4 Å². The average molecular weight is 433 g/mol. The van der Waals surface area contributed by atoms with Gasteiger partial charge in [-0.25, -0.2) is 4.99 Å². The van der Waals surface area contributed by atoms with Gasteiger partial charge in [0.15, 0.2) is 5.96 Å². The van der Waals surface area contributed by atoms with Crippen LogP contribution in [0.3, 0.4) is 0 Å². The van der Waals surface area contributed by atoms with E-state index in [2.05, 4.69) is 10.3 Å². The number of hydrogen-bond donors (Lipinski definition) is 2. The summed E-state index contributed by atoms with van der Waals surface area (Å²) in [5, 5.41) is 3.32. The lowest BCUT2D eigenvalue weighted by Crippen LogP contribution is -2.41. The summed E-state index contributed by atoms with van der Waals surface area (Å²) in [7, 11) is 1.66. The molecule has 3 N–H and O–H groups in total. The first kappa shape index (κ1) is 20.0. The van der Waals surface area contributed by atoms with E-state index in [1.807, 2.05) is 24.3 Å². The zero-order chi connectivity index (χ0) is 15.6. The van der Waals surface area contributed by atoms with Gasteiger partial charge in [-0.1, -0.05) is 31.4 Å². The summed E-state index contributed by atoms with van der Waals surface area (Å²) in [5.74, 6) is 1.39. The van der Waals surface area contributed by atoms with Gasteiger partial charge in [0.05, 0.1) is 13.2 Å². The second kappa shape index (κ2) is 11.5. The Morgan fingerprint density at radius 1 is 1.17 bits per heavy atom. The third-order valence-electron chi connectivity index (χ3n) is 3.87. The molecule has 1 fully saturated rings. The molecule has 1 aromatic rings. The summed E-state index contributed by atoms with van der Waals surface area (Å²) < 4.78 is 10.5. The lowest BCUT2D eigenvalue weighted by atomic mass is 9.96. The number of methoxy groups -OCH3 is 1. The van der Waals surface area contributed by atoms with Crippen molar-refractivity contribution in [3.8, 4) is 5.75 Å². The molecule has 2 rings (SSSR count). The van der Waals surface area contributed by atoms with Crippen LogP contribution in [0.15, 0.2) is 29.3 Å². The van der Waals surface area contributed by atoms with Crippen LogP contribution in [-0.2, 0) is 11.3 Å². The van der Waals surface area contributed by atoms with Gasteiger partial charge in [0.2, 0.25) is 0 Å². The van der Waals surface area contributed by atoms with E-state index in [1.165, 1.54) is 32.1 Å². The van der Waals surface area contributed by atoms with Gasteiger partial charge in [-0.05, 0) is 30.5 Å². The second-order valence-electron chi connectivity index (χ2n) is 5.67. The molecule has 0 aromatic heterocycles. The van der Waals surface area contributed by atoms with E-state index in [1.54, 1.807) is 7.11 Å². The van der Waals surface area contributed by atoms with E-state index in [0.29, 0.717) is 31.8 Å². The number of nitrogens with two attached hydrogens (primary N) is 1. The van der Waals surface area contributed by atoms with E-state index in [4.69, 9.17) is 15.2 Å². The highest BCUT2D eigenvalue weighted by atomic mass is 127. The van der Waals surface area contributed by atoms with Crippen LogP contribution in [0, 0.1) is 0 Å². The minimum atomic E-state index is 0. The number of hydrogen-bond acceptors (Lipinski definition) is 3. The maximum Gasteiger partial charge on any atom is 0.189 e. The van der Waals surface area contributed by atoms with Gasteiger partial charge in [0.25, 0.3) is 0 Å². The standard InChI is InChI=1S/C17H27N3O2.HI/c1-21-11-12-22-16-9-7-14(8-10-16)13-19-17(18)20-15-5-3-2-4-6-15;/h7-10,15H,2-6,11-13H2,1H3,(H3,18,19,20);1H. The molecule has 0 unspecified atom stereocenters. The second-order valence-corrected chi connectivity index (χ2v) is 5.67. The molecule has 0 heterocycles. The van der Waals surface area contributed by atoms with Crippen molar-refractivity contribution < 1.29 is 9.47 Å². The zero-order valence-corrected chi connectivity index (χ0v) is 16.1. The Morgan fingerprint density at radius 2 is 1.87 bits per heavy atom. The molecule has 0 radical (unpaired) electrons. The SMILES string of the molecule is COCCOc1ccc(CN=C(N)NC2CCCCC2)cc1.I. The van der Waals surface area contributed by atoms with Crippen molar-refractivity contribution in [3.63, 3.8) is 0 Å². The van der Waals surface area contributed by atoms with Crippen molar-refractivity contribution in [1.82, 2.24) is 5.32 Å². The van der Waals surface area contributed by atoms with Crippen molar-refractivity contribution in [3.05, 3.63) is 29.8 Å². The van der Waals surface area contributed by atoms with Crippen molar-refractivity contribution in [2.24, 2.45) is 10.7 Å². The average Bonchev–Trinajstić information content (AvgIpc) is 2.55. The van der Waals surface area contributed by atoms with E-state index in [-0.39, 0.29) is 24.0 Å². The first-order valence-electron chi connectivity index (χ1n) is 8.05. The summed E-state index contributed by atoms with van der Waals surface area (Å²) in [4.78, 5) is 4.42. The number of nitrogens with zero attached hydrogens (tertiary/aromatic N) is 1. The molecule has 0 bridgehead atoms. The maximum absolute atomic E-state index is 5.96. The highest BCUT2D eigenvalue weighted by Gasteiger charge is 2.13. The first-order valence-corrected chi connectivity index (χ1v) is 8.05. The Balaban J connectivity index is 0.00000264. The number of halogens is 1. The fraction of sp³-hybridized carbons (Fsp3) is 0.588. The van der Waals surface area contributed by atoms with Gasteiger partial charge < -0.3 is 20.5 Å². The summed E-state index contributed by atoms with van der Waals surface area (Å²) >= 11 is 0. The topological polar surface area (TPSA) is 68.9 Å². The van der Waals surface area contributed by atoms with E-state index >= 15 is 0 Å². The normalized spacial score (nSPS) is 15.8. The molecule has 6 heteroatoms. The minimum absolute atomic E-state index is 0. The summed E-state index contributed by atoms with van der Waals surface area (Å²) in [6, 6.07) is 8.42. The number of guanidine groups is 1. The molecular weight excluding hydrogens is 405 g/mol. The predicted octanol–water partition coefficient (Wildman–Crippen LogP) is 3.07. The molecule has 0 amide bonds. The first-order chi connectivity index (χ1) is 10.8. The maximum atomic E-state index is 5.96. The van der Waals surface area contributed by atoms with Gasteiger partial charge in [-0.3, -0.25) is 0 Å². The molecule has 23 heavy (non-hydrogen) atoms. The van der Waals surface area contributed by atoms with Crippen LogP contribution in [0.4, 0.5) is 0 Å². The molecule has 1 aliphatic carbocycles. The highest BCUT2D eigenvalue weighted by Crippen LogP contribution is 2.17. The minimum Gasteiger partial charge on any atom is -0.491 e. The fourth-order valence-corrected chi connectivity index (χ4v) is 2.61. The molecule has 130 valence electrons. The third-order valence-corrected chi connectivity index (χ3v) is 3.87. The van der Waals surface area contributed by atoms with Crippen molar-refractivity contribution in [2.75, 3.05) is 20.3 Å². The lowest BCUT2D eigenvalue weighted by molar-refractivity contribution is 0.146. The monoisotopic (exact) mass is 433 g/mol. The van der Waals surface area contributed by atoms with Crippen LogP contribution in [0.2, 0.25) is 0 Å². The van der Waals surface area contributed by atoms with E-state index < -0.39 is 0 Å². The Morgan fingerprint density at radius 3 is 2.52 bits per heavy atom. The molecule has 5 nitrogen and oxygen atoms in total. The van der Waals surface area contributed by atoms with E-state index in [0.717, 1.165) is 11.3 Å².